The van der Waals surface area contributed by atoms with E-state index in [2.05, 4.69) is 51.7 Å². The Balaban J connectivity index is 1.69. The van der Waals surface area contributed by atoms with Crippen LogP contribution in [0.1, 0.15) is 20.8 Å². The Morgan fingerprint density at radius 3 is 2.70 bits per heavy atom. The molecule has 5 nitrogen and oxygen atoms in total. The van der Waals surface area contributed by atoms with Gasteiger partial charge in [-0.1, -0.05) is 12.1 Å². The summed E-state index contributed by atoms with van der Waals surface area (Å²) in [5.74, 6) is 1.80. The summed E-state index contributed by atoms with van der Waals surface area (Å²) in [7, 11) is 0. The topological polar surface area (TPSA) is 52.5 Å². The van der Waals surface area contributed by atoms with Gasteiger partial charge >= 0.3 is 0 Å². The van der Waals surface area contributed by atoms with Gasteiger partial charge in [-0.05, 0) is 44.4 Å². The third-order valence-corrected chi connectivity index (χ3v) is 5.64. The van der Waals surface area contributed by atoms with E-state index in [0.717, 1.165) is 47.7 Å². The number of fused-ring (bicyclic) bond motifs is 1. The minimum absolute atomic E-state index is 0.315. The molecule has 0 bridgehead atoms. The molecule has 1 aliphatic heterocycles. The largest absolute Gasteiger partial charge is 0.389 e. The first-order chi connectivity index (χ1) is 12.9. The van der Waals surface area contributed by atoms with Crippen molar-refractivity contribution in [2.45, 2.75) is 32.4 Å². The van der Waals surface area contributed by atoms with E-state index in [1.807, 2.05) is 19.9 Å². The summed E-state index contributed by atoms with van der Waals surface area (Å²) < 4.78 is 0. The number of para-hydroxylation sites is 1. The minimum Gasteiger partial charge on any atom is -0.389 e. The van der Waals surface area contributed by atoms with Gasteiger partial charge in [0.15, 0.2) is 5.82 Å². The van der Waals surface area contributed by atoms with Gasteiger partial charge in [-0.25, -0.2) is 9.97 Å². The highest BCUT2D eigenvalue weighted by molar-refractivity contribution is 7.08. The number of benzene rings is 1. The molecule has 3 heterocycles. The van der Waals surface area contributed by atoms with Crippen molar-refractivity contribution in [3.8, 4) is 11.4 Å². The van der Waals surface area contributed by atoms with Gasteiger partial charge in [-0.2, -0.15) is 11.3 Å². The lowest BCUT2D eigenvalue weighted by atomic mass is 10.1. The van der Waals surface area contributed by atoms with Crippen LogP contribution < -0.4 is 4.90 Å². The Hall–Kier alpha value is -2.02. The van der Waals surface area contributed by atoms with E-state index in [-0.39, 0.29) is 0 Å². The van der Waals surface area contributed by atoms with Crippen LogP contribution in [-0.2, 0) is 0 Å². The van der Waals surface area contributed by atoms with E-state index in [1.54, 1.807) is 11.3 Å². The summed E-state index contributed by atoms with van der Waals surface area (Å²) in [6, 6.07) is 10.6. The first kappa shape index (κ1) is 18.3. The van der Waals surface area contributed by atoms with Crippen LogP contribution in [0, 0.1) is 0 Å². The molecular formula is C21H26N4OS. The third-order valence-electron chi connectivity index (χ3n) is 4.96. The quantitative estimate of drug-likeness (QED) is 0.747. The third kappa shape index (κ3) is 3.98. The van der Waals surface area contributed by atoms with Gasteiger partial charge in [0, 0.05) is 48.6 Å². The molecule has 1 aromatic carbocycles. The number of hydrogen-bond donors (Lipinski definition) is 1. The van der Waals surface area contributed by atoms with Crippen LogP contribution in [-0.4, -0.2) is 57.8 Å². The average molecular weight is 383 g/mol. The molecule has 27 heavy (non-hydrogen) atoms. The van der Waals surface area contributed by atoms with Crippen molar-refractivity contribution in [2.24, 2.45) is 0 Å². The molecule has 1 saturated heterocycles. The van der Waals surface area contributed by atoms with E-state index in [4.69, 9.17) is 9.97 Å². The van der Waals surface area contributed by atoms with E-state index >= 15 is 0 Å². The van der Waals surface area contributed by atoms with Gasteiger partial charge in [0.05, 0.1) is 11.1 Å². The highest BCUT2D eigenvalue weighted by Crippen LogP contribution is 2.30. The fourth-order valence-corrected chi connectivity index (χ4v) is 4.47. The SMILES string of the molecule is CC1CN(CC(C)(C)O)CCN1c1nc(-c2ccsc2)nc2ccccc12. The molecule has 1 atom stereocenters. The molecule has 0 aliphatic carbocycles. The van der Waals surface area contributed by atoms with Gasteiger partial charge in [0.25, 0.3) is 0 Å². The Morgan fingerprint density at radius 2 is 2.00 bits per heavy atom. The zero-order valence-corrected chi connectivity index (χ0v) is 16.9. The molecule has 3 aromatic rings. The molecule has 2 aromatic heterocycles. The number of β-amino-alcohol motifs (C(OH)–C–C–N with tert-alkyl or cyclic N) is 1. The van der Waals surface area contributed by atoms with Crippen LogP contribution in [0.2, 0.25) is 0 Å². The number of anilines is 1. The highest BCUT2D eigenvalue weighted by atomic mass is 32.1. The van der Waals surface area contributed by atoms with Crippen molar-refractivity contribution in [1.82, 2.24) is 14.9 Å². The van der Waals surface area contributed by atoms with Crippen LogP contribution in [0.5, 0.6) is 0 Å². The molecule has 1 fully saturated rings. The van der Waals surface area contributed by atoms with Crippen molar-refractivity contribution in [2.75, 3.05) is 31.1 Å². The lowest BCUT2D eigenvalue weighted by Gasteiger charge is -2.42. The Kier molecular flexibility index (Phi) is 4.88. The summed E-state index contributed by atoms with van der Waals surface area (Å²) in [4.78, 5) is 14.5. The van der Waals surface area contributed by atoms with Gasteiger partial charge < -0.3 is 10.0 Å². The average Bonchev–Trinajstić information content (AvgIpc) is 3.14. The van der Waals surface area contributed by atoms with Crippen molar-refractivity contribution < 1.29 is 5.11 Å². The first-order valence-corrected chi connectivity index (χ1v) is 10.4. The molecule has 0 amide bonds. The Labute approximate surface area is 164 Å². The smallest absolute Gasteiger partial charge is 0.162 e. The van der Waals surface area contributed by atoms with Crippen molar-refractivity contribution >= 4 is 28.1 Å². The van der Waals surface area contributed by atoms with E-state index in [0.29, 0.717) is 12.6 Å². The standard InChI is InChI=1S/C21H26N4OS/c1-15-12-24(14-21(2,3)26)9-10-25(15)20-17-6-4-5-7-18(17)22-19(23-20)16-8-11-27-13-16/h4-8,11,13,15,26H,9-10,12,14H2,1-3H3. The Bertz CT molecular complexity index is 920. The summed E-state index contributed by atoms with van der Waals surface area (Å²) >= 11 is 1.66. The number of rotatable bonds is 4. The molecule has 0 saturated carbocycles. The second-order valence-electron chi connectivity index (χ2n) is 7.99. The van der Waals surface area contributed by atoms with Gasteiger partial charge in [0.2, 0.25) is 0 Å². The monoisotopic (exact) mass is 382 g/mol. The van der Waals surface area contributed by atoms with Crippen LogP contribution in [0.3, 0.4) is 0 Å². The zero-order valence-electron chi connectivity index (χ0n) is 16.1. The molecule has 0 radical (unpaired) electrons. The van der Waals surface area contributed by atoms with Crippen LogP contribution in [0.25, 0.3) is 22.3 Å². The second kappa shape index (κ2) is 7.19. The number of nitrogens with zero attached hydrogens (tertiary/aromatic N) is 4. The summed E-state index contributed by atoms with van der Waals surface area (Å²) in [5, 5.41) is 15.4. The zero-order chi connectivity index (χ0) is 19.0. The molecule has 1 unspecified atom stereocenters. The molecule has 6 heteroatoms. The minimum atomic E-state index is -0.671. The predicted molar refractivity (Wildman–Crippen MR) is 112 cm³/mol. The summed E-state index contributed by atoms with van der Waals surface area (Å²) in [6.07, 6.45) is 0. The summed E-state index contributed by atoms with van der Waals surface area (Å²) in [6.45, 7) is 9.38. The number of aliphatic hydroxyl groups is 1. The molecule has 0 spiro atoms. The molecule has 142 valence electrons. The van der Waals surface area contributed by atoms with Crippen LogP contribution in [0.15, 0.2) is 41.1 Å². The summed E-state index contributed by atoms with van der Waals surface area (Å²) in [5.41, 5.74) is 1.38. The fourth-order valence-electron chi connectivity index (χ4n) is 3.84. The Morgan fingerprint density at radius 1 is 1.19 bits per heavy atom. The predicted octanol–water partition coefficient (Wildman–Crippen LogP) is 3.64. The lowest BCUT2D eigenvalue weighted by Crippen LogP contribution is -2.55. The van der Waals surface area contributed by atoms with Crippen LogP contribution in [0.4, 0.5) is 5.82 Å². The normalized spacial score (nSPS) is 19.0. The first-order valence-electron chi connectivity index (χ1n) is 9.41. The highest BCUT2D eigenvalue weighted by Gasteiger charge is 2.29. The van der Waals surface area contributed by atoms with E-state index < -0.39 is 5.60 Å². The van der Waals surface area contributed by atoms with Gasteiger partial charge in [-0.15, -0.1) is 0 Å². The molecule has 1 aliphatic rings. The molecule has 4 rings (SSSR count). The van der Waals surface area contributed by atoms with Crippen molar-refractivity contribution in [3.63, 3.8) is 0 Å². The van der Waals surface area contributed by atoms with Crippen molar-refractivity contribution in [3.05, 3.63) is 41.1 Å². The van der Waals surface area contributed by atoms with Crippen molar-refractivity contribution in [1.29, 1.82) is 0 Å². The van der Waals surface area contributed by atoms with E-state index in [1.165, 1.54) is 0 Å². The lowest BCUT2D eigenvalue weighted by molar-refractivity contribution is 0.0307. The number of piperazine rings is 1. The van der Waals surface area contributed by atoms with Crippen LogP contribution >= 0.6 is 11.3 Å². The van der Waals surface area contributed by atoms with Gasteiger partial charge in [0.1, 0.15) is 5.82 Å². The number of hydrogen-bond acceptors (Lipinski definition) is 6. The number of thiophene rings is 1. The molecular weight excluding hydrogens is 356 g/mol. The van der Waals surface area contributed by atoms with E-state index in [9.17, 15) is 5.11 Å². The molecule has 1 N–H and O–H groups in total. The maximum Gasteiger partial charge on any atom is 0.162 e. The number of aromatic nitrogens is 2. The maximum atomic E-state index is 10.1. The fraction of sp³-hybridized carbons (Fsp3) is 0.429. The maximum absolute atomic E-state index is 10.1. The second-order valence-corrected chi connectivity index (χ2v) is 8.77. The van der Waals surface area contributed by atoms with Gasteiger partial charge in [-0.3, -0.25) is 4.90 Å².